The van der Waals surface area contributed by atoms with E-state index in [1.165, 1.54) is 17.3 Å². The van der Waals surface area contributed by atoms with Crippen molar-refractivity contribution < 1.29 is 9.63 Å². The summed E-state index contributed by atoms with van der Waals surface area (Å²) in [6, 6.07) is 7.98. The van der Waals surface area contributed by atoms with E-state index in [1.54, 1.807) is 12.3 Å². The molecule has 0 spiro atoms. The molecule has 0 atom stereocenters. The molecule has 3 aromatic rings. The van der Waals surface area contributed by atoms with Crippen molar-refractivity contribution in [2.24, 2.45) is 0 Å². The third-order valence-electron chi connectivity index (χ3n) is 3.14. The molecule has 1 aromatic carbocycles. The average molecular weight is 281 g/mol. The molecule has 0 unspecified atom stereocenters. The predicted octanol–water partition coefficient (Wildman–Crippen LogP) is 3.04. The van der Waals surface area contributed by atoms with Crippen molar-refractivity contribution in [3.8, 4) is 17.2 Å². The molecule has 21 heavy (non-hydrogen) atoms. The number of pyridine rings is 1. The van der Waals surface area contributed by atoms with Crippen molar-refractivity contribution in [1.29, 1.82) is 0 Å². The molecule has 106 valence electrons. The van der Waals surface area contributed by atoms with E-state index in [4.69, 9.17) is 4.52 Å². The molecule has 2 heterocycles. The Morgan fingerprint density at radius 3 is 2.62 bits per heavy atom. The zero-order chi connectivity index (χ0) is 14.8. The molecule has 0 bridgehead atoms. The fraction of sp³-hybridized carbons (Fsp3) is 0.188. The van der Waals surface area contributed by atoms with Gasteiger partial charge in [0.15, 0.2) is 5.82 Å². The van der Waals surface area contributed by atoms with Crippen molar-refractivity contribution in [3.63, 3.8) is 0 Å². The van der Waals surface area contributed by atoms with Gasteiger partial charge in [-0.15, -0.1) is 0 Å². The van der Waals surface area contributed by atoms with Crippen molar-refractivity contribution in [3.05, 3.63) is 59.2 Å². The van der Waals surface area contributed by atoms with Gasteiger partial charge < -0.3 is 9.63 Å². The summed E-state index contributed by atoms with van der Waals surface area (Å²) in [5.74, 6) is 0.916. The van der Waals surface area contributed by atoms with Crippen LogP contribution >= 0.6 is 0 Å². The zero-order valence-corrected chi connectivity index (χ0v) is 11.9. The van der Waals surface area contributed by atoms with E-state index in [9.17, 15) is 5.11 Å². The lowest BCUT2D eigenvalue weighted by molar-refractivity contribution is 0.418. The molecule has 0 amide bonds. The Bertz CT molecular complexity index is 760. The Balaban J connectivity index is 1.87. The molecule has 5 heteroatoms. The molecule has 0 saturated heterocycles. The first-order valence-corrected chi connectivity index (χ1v) is 6.65. The Morgan fingerprint density at radius 1 is 1.14 bits per heavy atom. The van der Waals surface area contributed by atoms with Crippen LogP contribution in [0.15, 0.2) is 41.2 Å². The smallest absolute Gasteiger partial charge is 0.261 e. The molecule has 0 radical (unpaired) electrons. The van der Waals surface area contributed by atoms with Gasteiger partial charge in [-0.3, -0.25) is 4.98 Å². The van der Waals surface area contributed by atoms with E-state index in [-0.39, 0.29) is 5.75 Å². The highest BCUT2D eigenvalue weighted by molar-refractivity contribution is 5.60. The molecule has 2 aromatic heterocycles. The lowest BCUT2D eigenvalue weighted by Gasteiger charge is -2.01. The van der Waals surface area contributed by atoms with E-state index in [2.05, 4.69) is 47.2 Å². The summed E-state index contributed by atoms with van der Waals surface area (Å²) in [5.41, 5.74) is 4.05. The summed E-state index contributed by atoms with van der Waals surface area (Å²) in [4.78, 5) is 8.15. The first kappa shape index (κ1) is 13.3. The normalized spacial score (nSPS) is 10.8. The lowest BCUT2D eigenvalue weighted by atomic mass is 10.1. The number of aromatic hydroxyl groups is 1. The van der Waals surface area contributed by atoms with Gasteiger partial charge in [0.05, 0.1) is 11.8 Å². The summed E-state index contributed by atoms with van der Waals surface area (Å²) < 4.78 is 5.22. The van der Waals surface area contributed by atoms with Crippen LogP contribution in [0.4, 0.5) is 0 Å². The van der Waals surface area contributed by atoms with E-state index in [0.717, 1.165) is 5.56 Å². The molecule has 0 saturated carbocycles. The zero-order valence-electron chi connectivity index (χ0n) is 11.9. The molecular weight excluding hydrogens is 266 g/mol. The summed E-state index contributed by atoms with van der Waals surface area (Å²) in [7, 11) is 0. The number of hydrogen-bond acceptors (Lipinski definition) is 5. The van der Waals surface area contributed by atoms with E-state index < -0.39 is 0 Å². The van der Waals surface area contributed by atoms with Gasteiger partial charge in [0.1, 0.15) is 5.75 Å². The Morgan fingerprint density at radius 2 is 1.90 bits per heavy atom. The number of aryl methyl sites for hydroxylation is 2. The van der Waals surface area contributed by atoms with Gasteiger partial charge in [0.25, 0.3) is 5.89 Å². The highest BCUT2D eigenvalue weighted by Crippen LogP contribution is 2.26. The third kappa shape index (κ3) is 2.91. The Labute approximate surface area is 122 Å². The molecular formula is C16H15N3O2. The topological polar surface area (TPSA) is 72.0 Å². The molecule has 0 aliphatic carbocycles. The number of hydrogen-bond donors (Lipinski definition) is 1. The van der Waals surface area contributed by atoms with Crippen LogP contribution in [0.1, 0.15) is 22.5 Å². The molecule has 0 aliphatic rings. The average Bonchev–Trinajstić information content (AvgIpc) is 2.86. The SMILES string of the molecule is Cc1cc(C)cc(Cc2noc(-c3ccncc3O)n2)c1. The van der Waals surface area contributed by atoms with Gasteiger partial charge in [-0.2, -0.15) is 4.98 Å². The van der Waals surface area contributed by atoms with Gasteiger partial charge in [-0.1, -0.05) is 34.5 Å². The summed E-state index contributed by atoms with van der Waals surface area (Å²) in [6.07, 6.45) is 3.52. The van der Waals surface area contributed by atoms with Crippen molar-refractivity contribution in [2.45, 2.75) is 20.3 Å². The minimum Gasteiger partial charge on any atom is -0.505 e. The minimum absolute atomic E-state index is 0.0269. The lowest BCUT2D eigenvalue weighted by Crippen LogP contribution is -1.92. The van der Waals surface area contributed by atoms with E-state index >= 15 is 0 Å². The van der Waals surface area contributed by atoms with E-state index in [0.29, 0.717) is 23.7 Å². The second kappa shape index (κ2) is 5.36. The van der Waals surface area contributed by atoms with Crippen LogP contribution in [-0.4, -0.2) is 20.2 Å². The van der Waals surface area contributed by atoms with Crippen LogP contribution in [0.3, 0.4) is 0 Å². The second-order valence-electron chi connectivity index (χ2n) is 5.08. The number of nitrogens with zero attached hydrogens (tertiary/aromatic N) is 3. The van der Waals surface area contributed by atoms with Crippen LogP contribution in [-0.2, 0) is 6.42 Å². The fourth-order valence-electron chi connectivity index (χ4n) is 2.36. The molecule has 0 fully saturated rings. The molecule has 0 aliphatic heterocycles. The molecule has 5 nitrogen and oxygen atoms in total. The number of rotatable bonds is 3. The monoisotopic (exact) mass is 281 g/mol. The van der Waals surface area contributed by atoms with Gasteiger partial charge in [-0.25, -0.2) is 0 Å². The second-order valence-corrected chi connectivity index (χ2v) is 5.08. The van der Waals surface area contributed by atoms with Gasteiger partial charge >= 0.3 is 0 Å². The maximum absolute atomic E-state index is 9.75. The first-order valence-electron chi connectivity index (χ1n) is 6.65. The number of benzene rings is 1. The van der Waals surface area contributed by atoms with Crippen LogP contribution in [0.2, 0.25) is 0 Å². The maximum atomic E-state index is 9.75. The predicted molar refractivity (Wildman–Crippen MR) is 77.9 cm³/mol. The van der Waals surface area contributed by atoms with Gasteiger partial charge in [0.2, 0.25) is 0 Å². The number of aromatic nitrogens is 3. The van der Waals surface area contributed by atoms with Gasteiger partial charge in [-0.05, 0) is 25.5 Å². The standard InChI is InChI=1S/C16H15N3O2/c1-10-5-11(2)7-12(6-10)8-15-18-16(21-19-15)13-3-4-17-9-14(13)20/h3-7,9,20H,8H2,1-2H3. The summed E-state index contributed by atoms with van der Waals surface area (Å²) in [6.45, 7) is 4.13. The van der Waals surface area contributed by atoms with E-state index in [1.807, 2.05) is 0 Å². The highest BCUT2D eigenvalue weighted by Gasteiger charge is 2.13. The molecule has 1 N–H and O–H groups in total. The van der Waals surface area contributed by atoms with Crippen molar-refractivity contribution in [2.75, 3.05) is 0 Å². The van der Waals surface area contributed by atoms with Crippen molar-refractivity contribution in [1.82, 2.24) is 15.1 Å². The Hall–Kier alpha value is -2.69. The largest absolute Gasteiger partial charge is 0.505 e. The van der Waals surface area contributed by atoms with Crippen LogP contribution in [0.5, 0.6) is 5.75 Å². The van der Waals surface area contributed by atoms with Crippen LogP contribution in [0, 0.1) is 13.8 Å². The van der Waals surface area contributed by atoms with Crippen LogP contribution < -0.4 is 0 Å². The Kier molecular flexibility index (Phi) is 3.39. The fourth-order valence-corrected chi connectivity index (χ4v) is 2.36. The molecule has 3 rings (SSSR count). The quantitative estimate of drug-likeness (QED) is 0.798. The first-order chi connectivity index (χ1) is 10.1. The summed E-state index contributed by atoms with van der Waals surface area (Å²) in [5, 5.41) is 13.7. The minimum atomic E-state index is 0.0269. The van der Waals surface area contributed by atoms with Crippen LogP contribution in [0.25, 0.3) is 11.5 Å². The highest BCUT2D eigenvalue weighted by atomic mass is 16.5. The summed E-state index contributed by atoms with van der Waals surface area (Å²) >= 11 is 0. The van der Waals surface area contributed by atoms with Gasteiger partial charge in [0, 0.05) is 12.6 Å². The third-order valence-corrected chi connectivity index (χ3v) is 3.14. The maximum Gasteiger partial charge on any atom is 0.261 e. The van der Waals surface area contributed by atoms with Crippen molar-refractivity contribution >= 4 is 0 Å².